The number of hydrogen-bond acceptors (Lipinski definition) is 4. The van der Waals surface area contributed by atoms with Crippen LogP contribution in [0.1, 0.15) is 46.4 Å². The van der Waals surface area contributed by atoms with Crippen molar-refractivity contribution in [2.75, 3.05) is 37.6 Å². The van der Waals surface area contributed by atoms with Gasteiger partial charge in [-0.25, -0.2) is 9.40 Å². The third-order valence-electron chi connectivity index (χ3n) is 5.78. The van der Waals surface area contributed by atoms with E-state index in [4.69, 9.17) is 0 Å². The van der Waals surface area contributed by atoms with E-state index < -0.39 is 0 Å². The molecule has 29 heavy (non-hydrogen) atoms. The third kappa shape index (κ3) is 4.19. The maximum atomic E-state index is 13.3. The van der Waals surface area contributed by atoms with Gasteiger partial charge in [0.25, 0.3) is 5.91 Å². The molecule has 1 aromatic heterocycles. The minimum Gasteiger partial charge on any atom is -0.370 e. The van der Waals surface area contributed by atoms with Crippen molar-refractivity contribution < 1.29 is 14.0 Å². The van der Waals surface area contributed by atoms with Crippen molar-refractivity contribution >= 4 is 17.4 Å². The van der Waals surface area contributed by atoms with Gasteiger partial charge in [0.1, 0.15) is 5.82 Å². The van der Waals surface area contributed by atoms with E-state index in [9.17, 15) is 14.0 Å². The Hall–Kier alpha value is -2.67. The molecule has 0 aliphatic carbocycles. The van der Waals surface area contributed by atoms with Crippen LogP contribution in [0.4, 0.5) is 10.1 Å². The molecule has 0 bridgehead atoms. The van der Waals surface area contributed by atoms with Crippen molar-refractivity contribution in [2.24, 2.45) is 7.05 Å². The Balaban J connectivity index is 1.54. The van der Waals surface area contributed by atoms with E-state index in [1.54, 1.807) is 22.0 Å². The van der Waals surface area contributed by atoms with E-state index in [-0.39, 0.29) is 17.5 Å². The average molecular weight is 398 g/mol. The van der Waals surface area contributed by atoms with Crippen LogP contribution in [0.3, 0.4) is 0 Å². The number of benzene rings is 1. The van der Waals surface area contributed by atoms with Crippen molar-refractivity contribution in [3.8, 4) is 0 Å². The summed E-state index contributed by atoms with van der Waals surface area (Å²) < 4.78 is 15.1. The SMILES string of the molecule is Cn1cc2c(c1)C(=O)N(N1CCCCCN(c3ccc(F)cc3)CC1)CCC2=O. The fraction of sp³-hybridized carbons (Fsp3) is 0.455. The molecule has 4 rings (SSSR count). The summed E-state index contributed by atoms with van der Waals surface area (Å²) in [4.78, 5) is 28.0. The first kappa shape index (κ1) is 19.6. The van der Waals surface area contributed by atoms with E-state index in [2.05, 4.69) is 9.91 Å². The maximum absolute atomic E-state index is 13.3. The molecule has 7 heteroatoms. The van der Waals surface area contributed by atoms with Crippen LogP contribution in [0, 0.1) is 5.82 Å². The molecule has 0 saturated carbocycles. The lowest BCUT2D eigenvalue weighted by Gasteiger charge is -2.35. The predicted molar refractivity (Wildman–Crippen MR) is 109 cm³/mol. The molecule has 0 atom stereocenters. The molecule has 0 N–H and O–H groups in total. The number of fused-ring (bicyclic) bond motifs is 1. The van der Waals surface area contributed by atoms with Gasteiger partial charge in [-0.05, 0) is 37.1 Å². The highest BCUT2D eigenvalue weighted by Gasteiger charge is 2.31. The number of nitrogens with zero attached hydrogens (tertiary/aromatic N) is 4. The zero-order chi connectivity index (χ0) is 20.4. The molecular weight excluding hydrogens is 371 g/mol. The molecule has 0 radical (unpaired) electrons. The van der Waals surface area contributed by atoms with Crippen LogP contribution in [-0.4, -0.2) is 59.0 Å². The molecule has 6 nitrogen and oxygen atoms in total. The van der Waals surface area contributed by atoms with Crippen LogP contribution in [0.25, 0.3) is 0 Å². The predicted octanol–water partition coefficient (Wildman–Crippen LogP) is 3.10. The van der Waals surface area contributed by atoms with Crippen LogP contribution in [0.2, 0.25) is 0 Å². The van der Waals surface area contributed by atoms with Crippen LogP contribution in [-0.2, 0) is 7.05 Å². The van der Waals surface area contributed by atoms with Crippen LogP contribution in [0.15, 0.2) is 36.7 Å². The zero-order valence-electron chi connectivity index (χ0n) is 16.8. The fourth-order valence-electron chi connectivity index (χ4n) is 4.21. The number of rotatable bonds is 2. The summed E-state index contributed by atoms with van der Waals surface area (Å²) in [6.07, 6.45) is 6.94. The molecule has 0 spiro atoms. The van der Waals surface area contributed by atoms with Crippen LogP contribution in [0.5, 0.6) is 0 Å². The topological polar surface area (TPSA) is 48.8 Å². The Morgan fingerprint density at radius 3 is 2.34 bits per heavy atom. The normalized spacial score (nSPS) is 19.4. The van der Waals surface area contributed by atoms with Crippen LogP contribution >= 0.6 is 0 Å². The largest absolute Gasteiger partial charge is 0.370 e. The van der Waals surface area contributed by atoms with Gasteiger partial charge in [0.05, 0.1) is 5.56 Å². The minimum atomic E-state index is -0.238. The van der Waals surface area contributed by atoms with Gasteiger partial charge in [0.15, 0.2) is 5.78 Å². The summed E-state index contributed by atoms with van der Waals surface area (Å²) >= 11 is 0. The van der Waals surface area contributed by atoms with E-state index >= 15 is 0 Å². The lowest BCUT2D eigenvalue weighted by atomic mass is 10.1. The number of hydrazine groups is 1. The van der Waals surface area contributed by atoms with Gasteiger partial charge < -0.3 is 9.47 Å². The van der Waals surface area contributed by atoms with Crippen LogP contribution < -0.4 is 4.90 Å². The number of hydrogen-bond donors (Lipinski definition) is 0. The molecule has 1 amide bonds. The van der Waals surface area contributed by atoms with E-state index in [1.807, 2.05) is 19.2 Å². The second-order valence-electron chi connectivity index (χ2n) is 7.83. The Labute approximate surface area is 170 Å². The summed E-state index contributed by atoms with van der Waals surface area (Å²) in [5.74, 6) is -0.314. The number of Topliss-reactive ketones (excluding diaryl/α,β-unsaturated/α-hetero) is 1. The second-order valence-corrected chi connectivity index (χ2v) is 7.83. The Bertz CT molecular complexity index is 893. The molecule has 0 unspecified atom stereocenters. The zero-order valence-corrected chi connectivity index (χ0v) is 16.8. The fourth-order valence-corrected chi connectivity index (χ4v) is 4.21. The summed E-state index contributed by atoms with van der Waals surface area (Å²) in [5, 5.41) is 3.86. The number of carbonyl (C=O) groups excluding carboxylic acids is 2. The van der Waals surface area contributed by atoms with Gasteiger partial charge in [-0.3, -0.25) is 14.6 Å². The lowest BCUT2D eigenvalue weighted by molar-refractivity contribution is -0.00814. The highest BCUT2D eigenvalue weighted by atomic mass is 19.1. The summed E-state index contributed by atoms with van der Waals surface area (Å²) in [7, 11) is 1.83. The molecule has 2 aliphatic rings. The van der Waals surface area contributed by atoms with Gasteiger partial charge in [-0.2, -0.15) is 0 Å². The molecule has 3 heterocycles. The monoisotopic (exact) mass is 398 g/mol. The molecule has 1 saturated heterocycles. The van der Waals surface area contributed by atoms with Crippen molar-refractivity contribution in [1.82, 2.24) is 14.6 Å². The van der Waals surface area contributed by atoms with E-state index in [0.717, 1.165) is 44.6 Å². The first-order valence-electron chi connectivity index (χ1n) is 10.3. The van der Waals surface area contributed by atoms with Crippen molar-refractivity contribution in [1.29, 1.82) is 0 Å². The number of amides is 1. The van der Waals surface area contributed by atoms with Gasteiger partial charge in [0.2, 0.25) is 0 Å². The number of anilines is 1. The lowest BCUT2D eigenvalue weighted by Crippen LogP contribution is -2.49. The number of aromatic nitrogens is 1. The minimum absolute atomic E-state index is 0.0219. The van der Waals surface area contributed by atoms with E-state index in [1.165, 1.54) is 12.1 Å². The second kappa shape index (κ2) is 8.37. The quantitative estimate of drug-likeness (QED) is 0.780. The molecular formula is C22H27FN4O2. The first-order chi connectivity index (χ1) is 14.0. The summed E-state index contributed by atoms with van der Waals surface area (Å²) in [6.45, 7) is 3.53. The van der Waals surface area contributed by atoms with Crippen molar-refractivity contribution in [3.05, 3.63) is 53.6 Å². The molecule has 1 fully saturated rings. The van der Waals surface area contributed by atoms with Gasteiger partial charge in [0, 0.05) is 69.8 Å². The Morgan fingerprint density at radius 2 is 1.55 bits per heavy atom. The highest BCUT2D eigenvalue weighted by Crippen LogP contribution is 2.23. The first-order valence-corrected chi connectivity index (χ1v) is 10.3. The number of carbonyl (C=O) groups is 2. The molecule has 2 aromatic rings. The number of halogens is 1. The van der Waals surface area contributed by atoms with Crippen molar-refractivity contribution in [2.45, 2.75) is 25.7 Å². The maximum Gasteiger partial charge on any atom is 0.270 e. The average Bonchev–Trinajstić information content (AvgIpc) is 3.11. The molecule has 1 aromatic carbocycles. The standard InChI is InChI=1S/C22H27FN4O2/c1-24-15-19-20(16-24)22(29)27(12-9-21(19)28)26-11-4-2-3-10-25(13-14-26)18-7-5-17(23)6-8-18/h5-8,15-16H,2-4,9-14H2,1H3. The van der Waals surface area contributed by atoms with E-state index in [0.29, 0.717) is 30.6 Å². The third-order valence-corrected chi connectivity index (χ3v) is 5.78. The van der Waals surface area contributed by atoms with Gasteiger partial charge >= 0.3 is 0 Å². The van der Waals surface area contributed by atoms with Gasteiger partial charge in [-0.15, -0.1) is 0 Å². The molecule has 154 valence electrons. The smallest absolute Gasteiger partial charge is 0.270 e. The summed E-state index contributed by atoms with van der Waals surface area (Å²) in [6, 6.07) is 6.59. The Kier molecular flexibility index (Phi) is 5.67. The van der Waals surface area contributed by atoms with Gasteiger partial charge in [-0.1, -0.05) is 6.42 Å². The number of aryl methyl sites for hydroxylation is 1. The Morgan fingerprint density at radius 1 is 0.828 bits per heavy atom. The summed E-state index contributed by atoms with van der Waals surface area (Å²) in [5.41, 5.74) is 2.01. The highest BCUT2D eigenvalue weighted by molar-refractivity contribution is 6.09. The number of ketones is 1. The molecule has 2 aliphatic heterocycles. The van der Waals surface area contributed by atoms with Crippen molar-refractivity contribution in [3.63, 3.8) is 0 Å².